The molecule has 0 unspecified atom stereocenters. The number of rotatable bonds is 5. The van der Waals surface area contributed by atoms with Gasteiger partial charge >= 0.3 is 5.97 Å². The monoisotopic (exact) mass is 328 g/mol. The number of aromatic carboxylic acids is 1. The molecule has 24 heavy (non-hydrogen) atoms. The number of furan rings is 1. The average molecular weight is 328 g/mol. The summed E-state index contributed by atoms with van der Waals surface area (Å²) in [5.74, 6) is -1.29. The molecule has 1 aliphatic rings. The lowest BCUT2D eigenvalue weighted by atomic mass is 9.93. The third-order valence-corrected chi connectivity index (χ3v) is 4.44. The van der Waals surface area contributed by atoms with Crippen molar-refractivity contribution < 1.29 is 19.1 Å². The molecule has 1 saturated carbocycles. The Morgan fingerprint density at radius 2 is 2.04 bits per heavy atom. The topological polar surface area (TPSA) is 83.6 Å². The molecular formula is C18H20N2O4. The number of hydrogen-bond donors (Lipinski definition) is 1. The summed E-state index contributed by atoms with van der Waals surface area (Å²) in [7, 11) is 0. The van der Waals surface area contributed by atoms with Crippen molar-refractivity contribution in [3.05, 3.63) is 53.7 Å². The Bertz CT molecular complexity index is 706. The van der Waals surface area contributed by atoms with Crippen LogP contribution < -0.4 is 0 Å². The highest BCUT2D eigenvalue weighted by Crippen LogP contribution is 2.26. The summed E-state index contributed by atoms with van der Waals surface area (Å²) >= 11 is 0. The molecule has 0 aromatic carbocycles. The van der Waals surface area contributed by atoms with Crippen LogP contribution in [-0.4, -0.2) is 32.9 Å². The Hall–Kier alpha value is -2.63. The number of aromatic nitrogens is 1. The minimum Gasteiger partial charge on any atom is -0.477 e. The van der Waals surface area contributed by atoms with Gasteiger partial charge in [-0.15, -0.1) is 0 Å². The Labute approximate surface area is 140 Å². The Morgan fingerprint density at radius 1 is 1.25 bits per heavy atom. The van der Waals surface area contributed by atoms with Crippen molar-refractivity contribution >= 4 is 11.9 Å². The molecule has 0 atom stereocenters. The zero-order valence-corrected chi connectivity index (χ0v) is 13.4. The number of nitrogens with zero attached hydrogens (tertiary/aromatic N) is 2. The van der Waals surface area contributed by atoms with E-state index in [1.54, 1.807) is 18.6 Å². The lowest BCUT2D eigenvalue weighted by molar-refractivity contribution is 0.0613. The van der Waals surface area contributed by atoms with Gasteiger partial charge in [0.25, 0.3) is 5.91 Å². The summed E-state index contributed by atoms with van der Waals surface area (Å²) in [6.07, 6.45) is 9.95. The van der Waals surface area contributed by atoms with E-state index in [0.29, 0.717) is 12.1 Å². The molecular weight excluding hydrogens is 308 g/mol. The smallest absolute Gasteiger partial charge is 0.354 e. The van der Waals surface area contributed by atoms with Gasteiger partial charge in [-0.1, -0.05) is 19.3 Å². The summed E-state index contributed by atoms with van der Waals surface area (Å²) in [6, 6.07) is 4.93. The second-order valence-corrected chi connectivity index (χ2v) is 6.09. The van der Waals surface area contributed by atoms with E-state index < -0.39 is 5.97 Å². The van der Waals surface area contributed by atoms with Crippen LogP contribution in [0.1, 0.15) is 58.5 Å². The quantitative estimate of drug-likeness (QED) is 0.910. The average Bonchev–Trinajstić information content (AvgIpc) is 3.13. The minimum absolute atomic E-state index is 0.118. The molecule has 1 N–H and O–H groups in total. The van der Waals surface area contributed by atoms with Crippen LogP contribution in [0, 0.1) is 0 Å². The lowest BCUT2D eigenvalue weighted by Crippen LogP contribution is -2.41. The fraction of sp³-hybridized carbons (Fsp3) is 0.389. The van der Waals surface area contributed by atoms with E-state index >= 15 is 0 Å². The van der Waals surface area contributed by atoms with Crippen LogP contribution in [0.2, 0.25) is 0 Å². The maximum Gasteiger partial charge on any atom is 0.354 e. The number of carbonyl (C=O) groups excluding carboxylic acids is 1. The van der Waals surface area contributed by atoms with Crippen molar-refractivity contribution in [3.8, 4) is 0 Å². The van der Waals surface area contributed by atoms with Crippen LogP contribution in [0.25, 0.3) is 0 Å². The van der Waals surface area contributed by atoms with Crippen LogP contribution >= 0.6 is 0 Å². The largest absolute Gasteiger partial charge is 0.477 e. The zero-order valence-electron chi connectivity index (χ0n) is 13.4. The van der Waals surface area contributed by atoms with E-state index in [9.17, 15) is 9.59 Å². The Balaban J connectivity index is 1.87. The third kappa shape index (κ3) is 3.64. The second-order valence-electron chi connectivity index (χ2n) is 6.09. The second kappa shape index (κ2) is 7.29. The van der Waals surface area contributed by atoms with Crippen LogP contribution in [0.5, 0.6) is 0 Å². The van der Waals surface area contributed by atoms with Crippen molar-refractivity contribution in [2.75, 3.05) is 0 Å². The van der Waals surface area contributed by atoms with Gasteiger partial charge in [0.2, 0.25) is 0 Å². The summed E-state index contributed by atoms with van der Waals surface area (Å²) < 4.78 is 5.11. The SMILES string of the molecule is O=C(O)c1cc(C(=O)N(Cc2ccoc2)C2CCCCC2)ccn1. The van der Waals surface area contributed by atoms with Crippen LogP contribution in [0.3, 0.4) is 0 Å². The van der Waals surface area contributed by atoms with E-state index in [4.69, 9.17) is 9.52 Å². The highest BCUT2D eigenvalue weighted by Gasteiger charge is 2.27. The number of pyridine rings is 1. The van der Waals surface area contributed by atoms with Crippen molar-refractivity contribution in [1.82, 2.24) is 9.88 Å². The maximum absolute atomic E-state index is 13.0. The molecule has 126 valence electrons. The normalized spacial score (nSPS) is 15.2. The maximum atomic E-state index is 13.0. The summed E-state index contributed by atoms with van der Waals surface area (Å²) in [6.45, 7) is 0.463. The molecule has 6 nitrogen and oxygen atoms in total. The van der Waals surface area contributed by atoms with Gasteiger partial charge in [-0.3, -0.25) is 4.79 Å². The first kappa shape index (κ1) is 16.2. The van der Waals surface area contributed by atoms with E-state index in [1.807, 2.05) is 11.0 Å². The van der Waals surface area contributed by atoms with Gasteiger partial charge in [-0.25, -0.2) is 9.78 Å². The van der Waals surface area contributed by atoms with E-state index in [1.165, 1.54) is 18.7 Å². The minimum atomic E-state index is -1.14. The number of amides is 1. The molecule has 1 amide bonds. The third-order valence-electron chi connectivity index (χ3n) is 4.44. The molecule has 1 aliphatic carbocycles. The first-order valence-corrected chi connectivity index (χ1v) is 8.16. The summed E-state index contributed by atoms with van der Waals surface area (Å²) in [5.41, 5.74) is 1.17. The molecule has 1 fully saturated rings. The molecule has 6 heteroatoms. The highest BCUT2D eigenvalue weighted by atomic mass is 16.4. The van der Waals surface area contributed by atoms with Gasteiger partial charge in [0.15, 0.2) is 0 Å². The van der Waals surface area contributed by atoms with E-state index in [2.05, 4.69) is 4.98 Å². The van der Waals surface area contributed by atoms with Crippen molar-refractivity contribution in [2.45, 2.75) is 44.7 Å². The molecule has 0 radical (unpaired) electrons. The number of carboxylic acids is 1. The number of hydrogen-bond acceptors (Lipinski definition) is 4. The molecule has 2 heterocycles. The predicted molar refractivity (Wildman–Crippen MR) is 86.7 cm³/mol. The number of carbonyl (C=O) groups is 2. The standard InChI is InChI=1S/C18H20N2O4/c21-17(14-6-8-19-16(10-14)18(22)23)20(11-13-7-9-24-12-13)15-4-2-1-3-5-15/h6-10,12,15H,1-5,11H2,(H,22,23). The molecule has 0 saturated heterocycles. The van der Waals surface area contributed by atoms with Crippen molar-refractivity contribution in [2.24, 2.45) is 0 Å². The fourth-order valence-electron chi connectivity index (χ4n) is 3.19. The van der Waals surface area contributed by atoms with Crippen LogP contribution in [0.4, 0.5) is 0 Å². The van der Waals surface area contributed by atoms with Gasteiger partial charge in [-0.2, -0.15) is 0 Å². The van der Waals surface area contributed by atoms with Gasteiger partial charge < -0.3 is 14.4 Å². The molecule has 0 aliphatic heterocycles. The Morgan fingerprint density at radius 3 is 2.71 bits per heavy atom. The van der Waals surface area contributed by atoms with Crippen molar-refractivity contribution in [3.63, 3.8) is 0 Å². The lowest BCUT2D eigenvalue weighted by Gasteiger charge is -2.34. The van der Waals surface area contributed by atoms with Gasteiger partial charge in [0, 0.05) is 29.9 Å². The van der Waals surface area contributed by atoms with E-state index in [0.717, 1.165) is 31.2 Å². The summed E-state index contributed by atoms with van der Waals surface area (Å²) in [4.78, 5) is 29.7. The molecule has 0 spiro atoms. The predicted octanol–water partition coefficient (Wildman–Crippen LogP) is 3.35. The van der Waals surface area contributed by atoms with Crippen LogP contribution in [0.15, 0.2) is 41.3 Å². The first-order chi connectivity index (χ1) is 11.6. The molecule has 2 aromatic rings. The van der Waals surface area contributed by atoms with E-state index in [-0.39, 0.29) is 17.6 Å². The van der Waals surface area contributed by atoms with Gasteiger partial charge in [-0.05, 0) is 31.0 Å². The molecule has 2 aromatic heterocycles. The van der Waals surface area contributed by atoms with Crippen molar-refractivity contribution in [1.29, 1.82) is 0 Å². The van der Waals surface area contributed by atoms with Gasteiger partial charge in [0.1, 0.15) is 5.69 Å². The van der Waals surface area contributed by atoms with Gasteiger partial charge in [0.05, 0.1) is 12.5 Å². The first-order valence-electron chi connectivity index (χ1n) is 8.16. The molecule has 3 rings (SSSR count). The highest BCUT2D eigenvalue weighted by molar-refractivity contribution is 5.96. The zero-order chi connectivity index (χ0) is 16.9. The number of carboxylic acid groups (broad SMARTS) is 1. The van der Waals surface area contributed by atoms with Crippen LogP contribution in [-0.2, 0) is 6.54 Å². The Kier molecular flexibility index (Phi) is 4.93. The molecule has 0 bridgehead atoms. The fourth-order valence-corrected chi connectivity index (χ4v) is 3.19. The summed E-state index contributed by atoms with van der Waals surface area (Å²) in [5, 5.41) is 9.09.